The number of anilines is 2. The monoisotopic (exact) mass is 627 g/mol. The minimum absolute atomic E-state index is 0.179. The minimum atomic E-state index is -1.76. The summed E-state index contributed by atoms with van der Waals surface area (Å²) in [6, 6.07) is 49.8. The zero-order valence-electron chi connectivity index (χ0n) is 27.3. The Bertz CT molecular complexity index is 2020. The highest BCUT2D eigenvalue weighted by Crippen LogP contribution is 2.75. The van der Waals surface area contributed by atoms with Crippen LogP contribution >= 0.6 is 10.0 Å². The van der Waals surface area contributed by atoms with Crippen LogP contribution in [0.1, 0.15) is 25.0 Å². The second-order valence-corrected chi connectivity index (χ2v) is 16.6. The van der Waals surface area contributed by atoms with Crippen LogP contribution in [-0.4, -0.2) is 11.3 Å². The molecule has 5 atom stereocenters. The van der Waals surface area contributed by atoms with Crippen molar-refractivity contribution in [2.24, 2.45) is 5.92 Å². The SMILES string of the molecule is Cc1ccc2c(c1)C1(C)C=C(S(c3ccccc3)(c3ccc(-c4ccccc4)cc3)C3C=CC=CC3C)C=CC1N2c1ccccc1. The molecule has 232 valence electrons. The van der Waals surface area contributed by atoms with Gasteiger partial charge in [-0.3, -0.25) is 0 Å². The number of hydrogen-bond donors (Lipinski definition) is 0. The van der Waals surface area contributed by atoms with Crippen LogP contribution in [0.2, 0.25) is 0 Å². The Morgan fingerprint density at radius 2 is 1.26 bits per heavy atom. The van der Waals surface area contributed by atoms with Gasteiger partial charge in [0, 0.05) is 22.0 Å². The molecule has 2 aliphatic carbocycles. The molecule has 0 saturated heterocycles. The van der Waals surface area contributed by atoms with Crippen molar-refractivity contribution in [2.75, 3.05) is 4.90 Å². The fourth-order valence-electron chi connectivity index (χ4n) is 8.08. The molecule has 0 saturated carbocycles. The topological polar surface area (TPSA) is 3.24 Å². The van der Waals surface area contributed by atoms with Gasteiger partial charge in [-0.05, 0) is 93.6 Å². The third-order valence-electron chi connectivity index (χ3n) is 10.4. The second-order valence-electron chi connectivity index (χ2n) is 13.3. The third kappa shape index (κ3) is 4.77. The Hall–Kier alpha value is -4.79. The zero-order chi connectivity index (χ0) is 32.0. The number of hydrogen-bond acceptors (Lipinski definition) is 1. The predicted molar refractivity (Wildman–Crippen MR) is 202 cm³/mol. The second kappa shape index (κ2) is 11.8. The summed E-state index contributed by atoms with van der Waals surface area (Å²) in [4.78, 5) is 6.80. The van der Waals surface area contributed by atoms with Crippen molar-refractivity contribution in [1.29, 1.82) is 0 Å². The van der Waals surface area contributed by atoms with E-state index in [1.54, 1.807) is 0 Å². The number of para-hydroxylation sites is 1. The van der Waals surface area contributed by atoms with E-state index in [9.17, 15) is 0 Å². The molecule has 47 heavy (non-hydrogen) atoms. The Morgan fingerprint density at radius 1 is 0.638 bits per heavy atom. The maximum atomic E-state index is 2.67. The summed E-state index contributed by atoms with van der Waals surface area (Å²) in [7, 11) is -1.76. The molecule has 5 aromatic rings. The van der Waals surface area contributed by atoms with Crippen LogP contribution in [0.25, 0.3) is 11.1 Å². The van der Waals surface area contributed by atoms with Crippen LogP contribution < -0.4 is 4.90 Å². The molecule has 1 nitrogen and oxygen atoms in total. The van der Waals surface area contributed by atoms with Gasteiger partial charge in [-0.25, -0.2) is 0 Å². The van der Waals surface area contributed by atoms with Crippen LogP contribution in [0.3, 0.4) is 0 Å². The van der Waals surface area contributed by atoms with Crippen LogP contribution in [0.15, 0.2) is 191 Å². The third-order valence-corrected chi connectivity index (χ3v) is 14.8. The predicted octanol–water partition coefficient (Wildman–Crippen LogP) is 11.9. The lowest BCUT2D eigenvalue weighted by Gasteiger charge is -2.51. The number of benzene rings is 5. The average molecular weight is 628 g/mol. The van der Waals surface area contributed by atoms with Gasteiger partial charge in [-0.2, -0.15) is 10.0 Å². The highest BCUT2D eigenvalue weighted by atomic mass is 32.3. The Balaban J connectivity index is 1.38. The first-order valence-corrected chi connectivity index (χ1v) is 18.4. The van der Waals surface area contributed by atoms with Gasteiger partial charge in [-0.15, -0.1) is 0 Å². The molecule has 3 aliphatic rings. The molecule has 0 N–H and O–H groups in total. The minimum Gasteiger partial charge on any atom is -0.333 e. The number of fused-ring (bicyclic) bond motifs is 3. The molecule has 0 fully saturated rings. The number of allylic oxidation sites excluding steroid dienone is 4. The van der Waals surface area contributed by atoms with Gasteiger partial charge in [0.2, 0.25) is 0 Å². The summed E-state index contributed by atoms with van der Waals surface area (Å²) in [6.45, 7) is 7.09. The van der Waals surface area contributed by atoms with E-state index in [1.807, 2.05) is 0 Å². The van der Waals surface area contributed by atoms with Crippen molar-refractivity contribution < 1.29 is 0 Å². The molecule has 0 bridgehead atoms. The Kier molecular flexibility index (Phi) is 7.42. The van der Waals surface area contributed by atoms with Gasteiger partial charge in [0.25, 0.3) is 0 Å². The Labute approximate surface area is 281 Å². The lowest BCUT2D eigenvalue weighted by Crippen LogP contribution is -2.40. The molecule has 0 spiro atoms. The van der Waals surface area contributed by atoms with Crippen molar-refractivity contribution in [1.82, 2.24) is 0 Å². The number of aryl methyl sites for hydroxylation is 1. The first kappa shape index (κ1) is 29.6. The van der Waals surface area contributed by atoms with E-state index in [0.717, 1.165) is 0 Å². The van der Waals surface area contributed by atoms with Gasteiger partial charge in [-0.1, -0.05) is 146 Å². The average Bonchev–Trinajstić information content (AvgIpc) is 3.38. The largest absolute Gasteiger partial charge is 0.333 e. The fraction of sp³-hybridized carbons (Fsp3) is 0.156. The first-order valence-electron chi connectivity index (χ1n) is 16.7. The summed E-state index contributed by atoms with van der Waals surface area (Å²) >= 11 is 0. The lowest BCUT2D eigenvalue weighted by molar-refractivity contribution is 0.549. The molecule has 1 aliphatic heterocycles. The van der Waals surface area contributed by atoms with Crippen LogP contribution in [0, 0.1) is 12.8 Å². The van der Waals surface area contributed by atoms with Gasteiger partial charge >= 0.3 is 0 Å². The summed E-state index contributed by atoms with van der Waals surface area (Å²) in [5, 5.41) is 0.303. The van der Waals surface area contributed by atoms with E-state index in [4.69, 9.17) is 0 Å². The lowest BCUT2D eigenvalue weighted by atomic mass is 9.75. The first-order chi connectivity index (χ1) is 23.0. The van der Waals surface area contributed by atoms with Gasteiger partial charge in [0.15, 0.2) is 0 Å². The fourth-order valence-corrected chi connectivity index (χ4v) is 12.8. The van der Waals surface area contributed by atoms with Crippen molar-refractivity contribution >= 4 is 21.4 Å². The molecule has 0 aromatic heterocycles. The highest BCUT2D eigenvalue weighted by molar-refractivity contribution is 8.37. The maximum Gasteiger partial charge on any atom is 0.0655 e. The molecule has 0 amide bonds. The van der Waals surface area contributed by atoms with E-state index >= 15 is 0 Å². The maximum absolute atomic E-state index is 2.67. The molecule has 8 rings (SSSR count). The van der Waals surface area contributed by atoms with Gasteiger partial charge in [0.1, 0.15) is 0 Å². The van der Waals surface area contributed by atoms with E-state index < -0.39 is 10.0 Å². The van der Waals surface area contributed by atoms with Crippen LogP contribution in [0.4, 0.5) is 11.4 Å². The molecular weight excluding hydrogens is 587 g/mol. The summed E-state index contributed by atoms with van der Waals surface area (Å²) in [6.07, 6.45) is 17.1. The molecule has 2 heteroatoms. The normalized spacial score (nSPS) is 24.6. The molecular formula is C45H41NS. The van der Waals surface area contributed by atoms with Gasteiger partial charge < -0.3 is 4.90 Å². The Morgan fingerprint density at radius 3 is 1.96 bits per heavy atom. The molecule has 5 unspecified atom stereocenters. The van der Waals surface area contributed by atoms with Crippen molar-refractivity contribution in [3.63, 3.8) is 0 Å². The van der Waals surface area contributed by atoms with Gasteiger partial charge in [0.05, 0.1) is 6.04 Å². The standard InChI is InChI=1S/C45H41NS/c1-33-23-29-42-41(31-33)45(3)32-40(28-30-44(45)46(42)37-18-9-5-10-19-37)47(38-20-11-6-12-21-38,43-22-14-13-15-34(43)2)39-26-24-36(25-27-39)35-16-7-4-8-17-35/h4-32,34,43-44H,1-3H3. The summed E-state index contributed by atoms with van der Waals surface area (Å²) < 4.78 is 0. The summed E-state index contributed by atoms with van der Waals surface area (Å²) in [5.41, 5.74) is 7.53. The zero-order valence-corrected chi connectivity index (χ0v) is 28.1. The van der Waals surface area contributed by atoms with Crippen molar-refractivity contribution in [3.8, 4) is 11.1 Å². The quantitative estimate of drug-likeness (QED) is 0.181. The number of rotatable bonds is 6. The van der Waals surface area contributed by atoms with E-state index in [1.165, 1.54) is 48.3 Å². The van der Waals surface area contributed by atoms with Crippen molar-refractivity contribution in [3.05, 3.63) is 192 Å². The van der Waals surface area contributed by atoms with E-state index in [0.29, 0.717) is 11.2 Å². The van der Waals surface area contributed by atoms with Crippen LogP contribution in [0.5, 0.6) is 0 Å². The smallest absolute Gasteiger partial charge is 0.0655 e. The van der Waals surface area contributed by atoms with E-state index in [-0.39, 0.29) is 11.5 Å². The van der Waals surface area contributed by atoms with E-state index in [2.05, 4.69) is 202 Å². The molecule has 0 radical (unpaired) electrons. The van der Waals surface area contributed by atoms with Crippen LogP contribution in [-0.2, 0) is 5.41 Å². The number of nitrogens with zero attached hydrogens (tertiary/aromatic N) is 1. The van der Waals surface area contributed by atoms with Crippen molar-refractivity contribution in [2.45, 2.75) is 47.3 Å². The molecule has 1 heterocycles. The highest BCUT2D eigenvalue weighted by Gasteiger charge is 2.50. The summed E-state index contributed by atoms with van der Waals surface area (Å²) in [5.74, 6) is 0.378. The molecule has 5 aromatic carbocycles.